The molecule has 0 aliphatic heterocycles. The van der Waals surface area contributed by atoms with Crippen LogP contribution >= 0.6 is 23.2 Å². The van der Waals surface area contributed by atoms with Gasteiger partial charge in [0.15, 0.2) is 0 Å². The van der Waals surface area contributed by atoms with Crippen LogP contribution in [0.1, 0.15) is 5.56 Å². The molecule has 86 valence electrons. The van der Waals surface area contributed by atoms with Gasteiger partial charge in [0.2, 0.25) is 0 Å². The maximum atomic E-state index is 10.6. The number of nitro groups is 1. The number of nitro benzene ring substituents is 1. The van der Waals surface area contributed by atoms with E-state index in [1.807, 2.05) is 0 Å². The second-order valence-corrected chi connectivity index (χ2v) is 4.19. The van der Waals surface area contributed by atoms with E-state index in [1.165, 1.54) is 12.1 Å². The molecule has 0 radical (unpaired) electrons. The minimum atomic E-state index is -0.514. The van der Waals surface area contributed by atoms with E-state index in [2.05, 4.69) is 11.9 Å². The summed E-state index contributed by atoms with van der Waals surface area (Å²) in [6.45, 7) is 5.67. The first-order valence-electron chi connectivity index (χ1n) is 4.43. The van der Waals surface area contributed by atoms with Crippen molar-refractivity contribution in [2.24, 2.45) is 0 Å². The number of hydrogen-bond acceptors (Lipinski definition) is 3. The second kappa shape index (κ2) is 5.18. The number of aryl methyl sites for hydroxylation is 1. The molecule has 4 nitrogen and oxygen atoms in total. The molecule has 0 atom stereocenters. The van der Waals surface area contributed by atoms with E-state index in [0.717, 1.165) is 5.56 Å². The summed E-state index contributed by atoms with van der Waals surface area (Å²) in [7, 11) is 0. The number of anilines is 1. The lowest BCUT2D eigenvalue weighted by Gasteiger charge is -2.09. The van der Waals surface area contributed by atoms with Crippen molar-refractivity contribution in [1.82, 2.24) is 0 Å². The number of nitrogens with one attached hydrogen (secondary N) is 1. The van der Waals surface area contributed by atoms with Crippen LogP contribution in [0.3, 0.4) is 0 Å². The normalized spacial score (nSPS) is 9.94. The quantitative estimate of drug-likeness (QED) is 0.663. The van der Waals surface area contributed by atoms with Gasteiger partial charge in [-0.2, -0.15) is 0 Å². The predicted molar refractivity (Wildman–Crippen MR) is 66.3 cm³/mol. The summed E-state index contributed by atoms with van der Waals surface area (Å²) in [6.07, 6.45) is 0. The monoisotopic (exact) mass is 260 g/mol. The maximum Gasteiger partial charge on any atom is 0.288 e. The van der Waals surface area contributed by atoms with Crippen molar-refractivity contribution < 1.29 is 4.92 Å². The van der Waals surface area contributed by atoms with Crippen molar-refractivity contribution in [3.63, 3.8) is 0 Å². The van der Waals surface area contributed by atoms with E-state index in [4.69, 9.17) is 23.2 Å². The van der Waals surface area contributed by atoms with Crippen molar-refractivity contribution in [2.75, 3.05) is 11.9 Å². The fourth-order valence-corrected chi connectivity index (χ4v) is 1.49. The summed E-state index contributed by atoms with van der Waals surface area (Å²) in [5, 5.41) is 14.1. The highest BCUT2D eigenvalue weighted by atomic mass is 35.5. The molecule has 0 unspecified atom stereocenters. The summed E-state index contributed by atoms with van der Waals surface area (Å²) in [5.74, 6) is 0. The molecule has 6 heteroatoms. The average Bonchev–Trinajstić information content (AvgIpc) is 2.18. The first-order chi connectivity index (χ1) is 7.41. The highest BCUT2D eigenvalue weighted by molar-refractivity contribution is 6.33. The maximum absolute atomic E-state index is 10.6. The summed E-state index contributed by atoms with van der Waals surface area (Å²) in [4.78, 5) is 10.1. The zero-order valence-corrected chi connectivity index (χ0v) is 10.1. The Morgan fingerprint density at radius 3 is 2.75 bits per heavy atom. The number of halogens is 2. The number of hydrogen-bond donors (Lipinski definition) is 1. The van der Waals surface area contributed by atoms with Crippen LogP contribution in [0.4, 0.5) is 11.4 Å². The first-order valence-corrected chi connectivity index (χ1v) is 5.19. The number of benzene rings is 1. The van der Waals surface area contributed by atoms with Crippen molar-refractivity contribution in [3.05, 3.63) is 44.4 Å². The standard InChI is InChI=1S/C10H10Cl2N2O2/c1-6-3-10(14(15)16)8(12)4-9(6)13-5-7(2)11/h3-4,13H,2,5H2,1H3. The van der Waals surface area contributed by atoms with E-state index in [0.29, 0.717) is 17.3 Å². The number of rotatable bonds is 4. The largest absolute Gasteiger partial charge is 0.380 e. The third-order valence-electron chi connectivity index (χ3n) is 1.96. The van der Waals surface area contributed by atoms with Gasteiger partial charge in [-0.25, -0.2) is 0 Å². The lowest BCUT2D eigenvalue weighted by molar-refractivity contribution is -0.384. The molecule has 0 aliphatic carbocycles. The van der Waals surface area contributed by atoms with E-state index in [-0.39, 0.29) is 10.7 Å². The Labute approximate surface area is 103 Å². The molecule has 0 aliphatic rings. The Balaban J connectivity index is 3.01. The Morgan fingerprint density at radius 1 is 1.62 bits per heavy atom. The van der Waals surface area contributed by atoms with Gasteiger partial charge in [-0.1, -0.05) is 29.8 Å². The third-order valence-corrected chi connectivity index (χ3v) is 2.40. The third kappa shape index (κ3) is 3.12. The molecule has 0 bridgehead atoms. The van der Waals surface area contributed by atoms with E-state index in [9.17, 15) is 10.1 Å². The Morgan fingerprint density at radius 2 is 2.25 bits per heavy atom. The van der Waals surface area contributed by atoms with Crippen LogP contribution < -0.4 is 5.32 Å². The van der Waals surface area contributed by atoms with Gasteiger partial charge in [0.1, 0.15) is 5.02 Å². The molecule has 0 spiro atoms. The van der Waals surface area contributed by atoms with Gasteiger partial charge in [-0.15, -0.1) is 0 Å². The highest BCUT2D eigenvalue weighted by Gasteiger charge is 2.14. The van der Waals surface area contributed by atoms with Gasteiger partial charge in [0, 0.05) is 16.8 Å². The molecule has 1 aromatic rings. The zero-order chi connectivity index (χ0) is 12.3. The second-order valence-electron chi connectivity index (χ2n) is 3.25. The van der Waals surface area contributed by atoms with Crippen LogP contribution in [0.5, 0.6) is 0 Å². The average molecular weight is 261 g/mol. The molecule has 0 amide bonds. The summed E-state index contributed by atoms with van der Waals surface area (Å²) in [5.41, 5.74) is 1.33. The molecule has 1 N–H and O–H groups in total. The van der Waals surface area contributed by atoms with Gasteiger partial charge >= 0.3 is 0 Å². The van der Waals surface area contributed by atoms with Crippen molar-refractivity contribution in [2.45, 2.75) is 6.92 Å². The van der Waals surface area contributed by atoms with Gasteiger partial charge in [0.05, 0.1) is 11.5 Å². The topological polar surface area (TPSA) is 55.2 Å². The fourth-order valence-electron chi connectivity index (χ4n) is 1.19. The molecule has 1 aromatic carbocycles. The Bertz CT molecular complexity index is 447. The van der Waals surface area contributed by atoms with Crippen LogP contribution in [0.2, 0.25) is 5.02 Å². The van der Waals surface area contributed by atoms with Gasteiger partial charge < -0.3 is 5.32 Å². The highest BCUT2D eigenvalue weighted by Crippen LogP contribution is 2.30. The molecule has 1 rings (SSSR count). The molecular weight excluding hydrogens is 251 g/mol. The van der Waals surface area contributed by atoms with Crippen LogP contribution in [-0.2, 0) is 0 Å². The minimum absolute atomic E-state index is 0.0956. The van der Waals surface area contributed by atoms with Gasteiger partial charge in [-0.05, 0) is 18.6 Å². The Kier molecular flexibility index (Phi) is 4.15. The first kappa shape index (κ1) is 12.8. The molecule has 0 saturated heterocycles. The molecular formula is C10H10Cl2N2O2. The SMILES string of the molecule is C=C(Cl)CNc1cc(Cl)c([N+](=O)[O-])cc1C. The summed E-state index contributed by atoms with van der Waals surface area (Å²) >= 11 is 11.4. The minimum Gasteiger partial charge on any atom is -0.380 e. The predicted octanol–water partition coefficient (Wildman–Crippen LogP) is 3.72. The van der Waals surface area contributed by atoms with Gasteiger partial charge in [-0.3, -0.25) is 10.1 Å². The smallest absolute Gasteiger partial charge is 0.288 e. The number of nitrogens with zero attached hydrogens (tertiary/aromatic N) is 1. The molecule has 0 fully saturated rings. The van der Waals surface area contributed by atoms with Crippen molar-refractivity contribution in [1.29, 1.82) is 0 Å². The lowest BCUT2D eigenvalue weighted by Crippen LogP contribution is -2.03. The fraction of sp³-hybridized carbons (Fsp3) is 0.200. The zero-order valence-electron chi connectivity index (χ0n) is 8.59. The lowest BCUT2D eigenvalue weighted by atomic mass is 10.2. The summed E-state index contributed by atoms with van der Waals surface area (Å²) < 4.78 is 0. The van der Waals surface area contributed by atoms with Crippen molar-refractivity contribution in [3.8, 4) is 0 Å². The molecule has 0 aromatic heterocycles. The molecule has 0 saturated carbocycles. The molecule has 16 heavy (non-hydrogen) atoms. The van der Waals surface area contributed by atoms with Crippen molar-refractivity contribution >= 4 is 34.6 Å². The van der Waals surface area contributed by atoms with E-state index >= 15 is 0 Å². The molecule has 0 heterocycles. The van der Waals surface area contributed by atoms with Crippen LogP contribution in [-0.4, -0.2) is 11.5 Å². The van der Waals surface area contributed by atoms with E-state index < -0.39 is 4.92 Å². The Hall–Kier alpha value is -1.26. The van der Waals surface area contributed by atoms with E-state index in [1.54, 1.807) is 6.92 Å². The van der Waals surface area contributed by atoms with Crippen LogP contribution in [0.25, 0.3) is 0 Å². The van der Waals surface area contributed by atoms with Crippen LogP contribution in [0, 0.1) is 17.0 Å². The summed E-state index contributed by atoms with van der Waals surface area (Å²) in [6, 6.07) is 2.93. The van der Waals surface area contributed by atoms with Gasteiger partial charge in [0.25, 0.3) is 5.69 Å². The van der Waals surface area contributed by atoms with Crippen LogP contribution in [0.15, 0.2) is 23.7 Å².